The van der Waals surface area contributed by atoms with Crippen LogP contribution in [0.25, 0.3) is 10.9 Å². The van der Waals surface area contributed by atoms with Crippen molar-refractivity contribution >= 4 is 22.5 Å². The minimum Gasteiger partial charge on any atom is -0.374 e. The highest BCUT2D eigenvalue weighted by Crippen LogP contribution is 2.34. The molecule has 1 aromatic carbocycles. The van der Waals surface area contributed by atoms with Crippen LogP contribution in [0, 0.1) is 6.92 Å². The van der Waals surface area contributed by atoms with E-state index in [1.165, 1.54) is 5.56 Å². The van der Waals surface area contributed by atoms with E-state index in [4.69, 9.17) is 16.3 Å². The van der Waals surface area contributed by atoms with Crippen molar-refractivity contribution in [2.75, 3.05) is 6.61 Å². The van der Waals surface area contributed by atoms with Crippen molar-refractivity contribution in [3.8, 4) is 0 Å². The molecule has 0 amide bonds. The number of benzene rings is 1. The van der Waals surface area contributed by atoms with Crippen LogP contribution in [0.5, 0.6) is 0 Å². The van der Waals surface area contributed by atoms with Gasteiger partial charge >= 0.3 is 0 Å². The zero-order valence-electron chi connectivity index (χ0n) is 9.74. The molecule has 0 spiro atoms. The topological polar surface area (TPSA) is 22.1 Å². The van der Waals surface area contributed by atoms with Gasteiger partial charge in [-0.1, -0.05) is 17.7 Å². The second-order valence-electron chi connectivity index (χ2n) is 4.52. The smallest absolute Gasteiger partial charge is 0.0833 e. The SMILES string of the molecule is Cc1cc(C2CCCO2)c2ccc(Cl)cc2n1. The van der Waals surface area contributed by atoms with Gasteiger partial charge in [-0.25, -0.2) is 0 Å². The van der Waals surface area contributed by atoms with Gasteiger partial charge in [0.2, 0.25) is 0 Å². The molecule has 0 aliphatic carbocycles. The summed E-state index contributed by atoms with van der Waals surface area (Å²) in [6.07, 6.45) is 2.46. The molecule has 2 nitrogen and oxygen atoms in total. The number of ether oxygens (including phenoxy) is 1. The van der Waals surface area contributed by atoms with E-state index in [-0.39, 0.29) is 6.10 Å². The van der Waals surface area contributed by atoms with Gasteiger partial charge in [-0.05, 0) is 43.5 Å². The van der Waals surface area contributed by atoms with E-state index in [0.29, 0.717) is 0 Å². The second-order valence-corrected chi connectivity index (χ2v) is 4.95. The van der Waals surface area contributed by atoms with Crippen LogP contribution < -0.4 is 0 Å². The highest BCUT2D eigenvalue weighted by atomic mass is 35.5. The van der Waals surface area contributed by atoms with Crippen LogP contribution in [0.2, 0.25) is 5.02 Å². The first-order chi connectivity index (χ1) is 8.24. The van der Waals surface area contributed by atoms with E-state index < -0.39 is 0 Å². The fraction of sp³-hybridized carbons (Fsp3) is 0.357. The number of hydrogen-bond acceptors (Lipinski definition) is 2. The fourth-order valence-corrected chi connectivity index (χ4v) is 2.62. The summed E-state index contributed by atoms with van der Waals surface area (Å²) < 4.78 is 5.77. The molecular weight excluding hydrogens is 234 g/mol. The zero-order chi connectivity index (χ0) is 11.8. The van der Waals surface area contributed by atoms with E-state index in [1.54, 1.807) is 0 Å². The molecule has 0 N–H and O–H groups in total. The average Bonchev–Trinajstić information content (AvgIpc) is 2.80. The molecule has 1 saturated heterocycles. The lowest BCUT2D eigenvalue weighted by Gasteiger charge is -2.13. The summed E-state index contributed by atoms with van der Waals surface area (Å²) in [5, 5.41) is 1.89. The Balaban J connectivity index is 2.21. The predicted molar refractivity (Wildman–Crippen MR) is 69.4 cm³/mol. The van der Waals surface area contributed by atoms with Crippen LogP contribution >= 0.6 is 11.6 Å². The summed E-state index contributed by atoms with van der Waals surface area (Å²) in [5.41, 5.74) is 3.23. The van der Waals surface area contributed by atoms with Gasteiger partial charge in [0, 0.05) is 22.7 Å². The van der Waals surface area contributed by atoms with Gasteiger partial charge in [-0.3, -0.25) is 4.98 Å². The number of hydrogen-bond donors (Lipinski definition) is 0. The summed E-state index contributed by atoms with van der Waals surface area (Å²) in [7, 11) is 0. The van der Waals surface area contributed by atoms with Gasteiger partial charge in [0.1, 0.15) is 0 Å². The van der Waals surface area contributed by atoms with Crippen molar-refractivity contribution in [2.24, 2.45) is 0 Å². The Bertz CT molecular complexity index is 556. The average molecular weight is 248 g/mol. The molecule has 1 aromatic heterocycles. The molecule has 88 valence electrons. The fourth-order valence-electron chi connectivity index (χ4n) is 2.46. The van der Waals surface area contributed by atoms with Gasteiger partial charge in [-0.2, -0.15) is 0 Å². The van der Waals surface area contributed by atoms with Gasteiger partial charge in [0.15, 0.2) is 0 Å². The third-order valence-corrected chi connectivity index (χ3v) is 3.44. The first-order valence-corrected chi connectivity index (χ1v) is 6.30. The Morgan fingerprint density at radius 2 is 2.24 bits per heavy atom. The number of halogens is 1. The molecule has 1 atom stereocenters. The predicted octanol–water partition coefficient (Wildman–Crippen LogP) is 4.05. The third kappa shape index (κ3) is 2.03. The minimum absolute atomic E-state index is 0.223. The van der Waals surface area contributed by atoms with Gasteiger partial charge in [0.25, 0.3) is 0 Å². The first kappa shape index (κ1) is 11.0. The van der Waals surface area contributed by atoms with Crippen molar-refractivity contribution in [1.29, 1.82) is 0 Å². The Labute approximate surface area is 106 Å². The van der Waals surface area contributed by atoms with Gasteiger partial charge < -0.3 is 4.74 Å². The van der Waals surface area contributed by atoms with Crippen molar-refractivity contribution in [3.05, 3.63) is 40.5 Å². The van der Waals surface area contributed by atoms with Crippen LogP contribution in [-0.2, 0) is 4.74 Å². The minimum atomic E-state index is 0.223. The summed E-state index contributed by atoms with van der Waals surface area (Å²) in [6, 6.07) is 8.01. The lowest BCUT2D eigenvalue weighted by atomic mass is 10.0. The van der Waals surface area contributed by atoms with E-state index in [0.717, 1.165) is 41.1 Å². The highest BCUT2D eigenvalue weighted by Gasteiger charge is 2.20. The van der Waals surface area contributed by atoms with Crippen LogP contribution in [-0.4, -0.2) is 11.6 Å². The number of aryl methyl sites for hydroxylation is 1. The molecule has 3 heteroatoms. The molecular formula is C14H14ClNO. The maximum atomic E-state index is 6.01. The molecule has 1 aliphatic heterocycles. The Kier molecular flexibility index (Phi) is 2.77. The number of pyridine rings is 1. The van der Waals surface area contributed by atoms with Crippen LogP contribution in [0.1, 0.15) is 30.2 Å². The maximum Gasteiger partial charge on any atom is 0.0833 e. The molecule has 17 heavy (non-hydrogen) atoms. The number of nitrogens with zero attached hydrogens (tertiary/aromatic N) is 1. The lowest BCUT2D eigenvalue weighted by molar-refractivity contribution is 0.113. The molecule has 1 fully saturated rings. The van der Waals surface area contributed by atoms with Crippen molar-refractivity contribution < 1.29 is 4.74 Å². The molecule has 2 heterocycles. The molecule has 0 saturated carbocycles. The summed E-state index contributed by atoms with van der Waals surface area (Å²) in [4.78, 5) is 4.53. The molecule has 0 radical (unpaired) electrons. The number of rotatable bonds is 1. The largest absolute Gasteiger partial charge is 0.374 e. The van der Waals surface area contributed by atoms with Crippen molar-refractivity contribution in [1.82, 2.24) is 4.98 Å². The number of aromatic nitrogens is 1. The lowest BCUT2D eigenvalue weighted by Crippen LogP contribution is -1.99. The Morgan fingerprint density at radius 3 is 3.00 bits per heavy atom. The molecule has 1 unspecified atom stereocenters. The molecule has 0 bridgehead atoms. The molecule has 3 rings (SSSR count). The van der Waals surface area contributed by atoms with Crippen LogP contribution in [0.4, 0.5) is 0 Å². The number of fused-ring (bicyclic) bond motifs is 1. The quantitative estimate of drug-likeness (QED) is 0.759. The molecule has 1 aliphatic rings. The van der Waals surface area contributed by atoms with E-state index in [2.05, 4.69) is 11.1 Å². The van der Waals surface area contributed by atoms with Crippen molar-refractivity contribution in [3.63, 3.8) is 0 Å². The Morgan fingerprint density at radius 1 is 1.35 bits per heavy atom. The van der Waals surface area contributed by atoms with E-state index >= 15 is 0 Å². The summed E-state index contributed by atoms with van der Waals surface area (Å²) >= 11 is 6.01. The van der Waals surface area contributed by atoms with Gasteiger partial charge in [-0.15, -0.1) is 0 Å². The van der Waals surface area contributed by atoms with Crippen LogP contribution in [0.15, 0.2) is 24.3 Å². The third-order valence-electron chi connectivity index (χ3n) is 3.21. The first-order valence-electron chi connectivity index (χ1n) is 5.92. The standard InChI is InChI=1S/C14H14ClNO/c1-9-7-12(14-3-2-6-17-14)11-5-4-10(15)8-13(11)16-9/h4-5,7-8,14H,2-3,6H2,1H3. The monoisotopic (exact) mass is 247 g/mol. The maximum absolute atomic E-state index is 6.01. The van der Waals surface area contributed by atoms with E-state index in [1.807, 2.05) is 25.1 Å². The zero-order valence-corrected chi connectivity index (χ0v) is 10.5. The van der Waals surface area contributed by atoms with Crippen LogP contribution in [0.3, 0.4) is 0 Å². The van der Waals surface area contributed by atoms with Crippen molar-refractivity contribution in [2.45, 2.75) is 25.9 Å². The summed E-state index contributed by atoms with van der Waals surface area (Å²) in [5.74, 6) is 0. The second kappa shape index (κ2) is 4.28. The molecule has 2 aromatic rings. The highest BCUT2D eigenvalue weighted by molar-refractivity contribution is 6.31. The normalized spacial score (nSPS) is 20.0. The van der Waals surface area contributed by atoms with Gasteiger partial charge in [0.05, 0.1) is 11.6 Å². The summed E-state index contributed by atoms with van der Waals surface area (Å²) in [6.45, 7) is 2.87. The van der Waals surface area contributed by atoms with E-state index in [9.17, 15) is 0 Å². The Hall–Kier alpha value is -1.12.